The van der Waals surface area contributed by atoms with E-state index in [0.717, 1.165) is 5.56 Å². The van der Waals surface area contributed by atoms with E-state index >= 15 is 0 Å². The number of carbonyl (C=O) groups is 1. The van der Waals surface area contributed by atoms with Crippen LogP contribution in [0.2, 0.25) is 0 Å². The van der Waals surface area contributed by atoms with Crippen molar-refractivity contribution in [3.63, 3.8) is 0 Å². The molecule has 0 unspecified atom stereocenters. The first-order valence-electron chi connectivity index (χ1n) is 6.19. The first kappa shape index (κ1) is 14.4. The molecule has 0 aliphatic rings. The van der Waals surface area contributed by atoms with Crippen molar-refractivity contribution in [2.45, 2.75) is 6.54 Å². The molecule has 0 atom stereocenters. The summed E-state index contributed by atoms with van der Waals surface area (Å²) in [7, 11) is 1.69. The van der Waals surface area contributed by atoms with Crippen LogP contribution in [-0.4, -0.2) is 38.9 Å². The third-order valence-electron chi connectivity index (χ3n) is 2.90. The molecule has 108 valence electrons. The Balaban J connectivity index is 2.13. The molecule has 0 saturated carbocycles. The quantitative estimate of drug-likeness (QED) is 0.375. The third-order valence-corrected chi connectivity index (χ3v) is 2.90. The molecule has 3 N–H and O–H groups in total. The van der Waals surface area contributed by atoms with E-state index in [1.165, 1.54) is 18.7 Å². The molecule has 0 aliphatic carbocycles. The molecule has 21 heavy (non-hydrogen) atoms. The number of rotatable bonds is 4. The van der Waals surface area contributed by atoms with Crippen LogP contribution in [-0.2, 0) is 6.54 Å². The fraction of sp³-hybridized carbons (Fsp3) is 0.143. The summed E-state index contributed by atoms with van der Waals surface area (Å²) in [5.41, 5.74) is 7.44. The van der Waals surface area contributed by atoms with Gasteiger partial charge < -0.3 is 15.8 Å². The molecule has 7 heteroatoms. The van der Waals surface area contributed by atoms with Gasteiger partial charge in [-0.15, -0.1) is 0 Å². The van der Waals surface area contributed by atoms with Gasteiger partial charge in [-0.05, 0) is 11.6 Å². The monoisotopic (exact) mass is 285 g/mol. The van der Waals surface area contributed by atoms with Crippen molar-refractivity contribution in [2.24, 2.45) is 10.9 Å². The Morgan fingerprint density at radius 1 is 1.33 bits per heavy atom. The van der Waals surface area contributed by atoms with Gasteiger partial charge in [0.15, 0.2) is 5.84 Å². The van der Waals surface area contributed by atoms with Crippen LogP contribution in [0.25, 0.3) is 0 Å². The molecule has 2 rings (SSSR count). The molecule has 0 radical (unpaired) electrons. The minimum absolute atomic E-state index is 0.0299. The van der Waals surface area contributed by atoms with E-state index in [-0.39, 0.29) is 11.7 Å². The molecule has 1 aromatic carbocycles. The van der Waals surface area contributed by atoms with Gasteiger partial charge in [-0.25, -0.2) is 9.97 Å². The number of amidine groups is 1. The summed E-state index contributed by atoms with van der Waals surface area (Å²) >= 11 is 0. The molecule has 0 spiro atoms. The van der Waals surface area contributed by atoms with Crippen LogP contribution in [0.1, 0.15) is 21.5 Å². The zero-order chi connectivity index (χ0) is 15.2. The number of nitrogens with two attached hydrogens (primary N) is 1. The highest BCUT2D eigenvalue weighted by Gasteiger charge is 2.12. The lowest BCUT2D eigenvalue weighted by molar-refractivity contribution is 0.0784. The number of carbonyl (C=O) groups excluding carboxylic acids is 1. The van der Waals surface area contributed by atoms with E-state index in [2.05, 4.69) is 15.1 Å². The lowest BCUT2D eigenvalue weighted by Gasteiger charge is -2.17. The summed E-state index contributed by atoms with van der Waals surface area (Å²) in [4.78, 5) is 21.4. The second-order valence-electron chi connectivity index (χ2n) is 4.47. The Morgan fingerprint density at radius 3 is 2.71 bits per heavy atom. The molecule has 7 nitrogen and oxygen atoms in total. The van der Waals surface area contributed by atoms with Gasteiger partial charge in [0, 0.05) is 31.5 Å². The zero-order valence-electron chi connectivity index (χ0n) is 11.5. The first-order chi connectivity index (χ1) is 10.1. The smallest absolute Gasteiger partial charge is 0.257 e. The number of hydrogen-bond donors (Lipinski definition) is 2. The van der Waals surface area contributed by atoms with Gasteiger partial charge in [0.05, 0.1) is 5.56 Å². The number of oxime groups is 1. The summed E-state index contributed by atoms with van der Waals surface area (Å²) in [6, 6.07) is 7.14. The molecule has 0 aliphatic heterocycles. The fourth-order valence-electron chi connectivity index (χ4n) is 1.86. The van der Waals surface area contributed by atoms with Gasteiger partial charge in [-0.2, -0.15) is 0 Å². The van der Waals surface area contributed by atoms with E-state index in [0.29, 0.717) is 17.7 Å². The standard InChI is InChI=1S/C14H15N5O2/c1-19(14(20)12-6-16-9-17-7-12)8-10-3-2-4-11(5-10)13(15)18-21/h2-7,9,21H,8H2,1H3,(H2,15,18). The SMILES string of the molecule is CN(Cc1cccc(/C(N)=N/O)c1)C(=O)c1cncnc1. The molecule has 1 aromatic heterocycles. The second kappa shape index (κ2) is 6.47. The van der Waals surface area contributed by atoms with Gasteiger partial charge in [-0.1, -0.05) is 23.4 Å². The van der Waals surface area contributed by atoms with Gasteiger partial charge in [-0.3, -0.25) is 4.79 Å². The molecular formula is C14H15N5O2. The van der Waals surface area contributed by atoms with Crippen LogP contribution in [0, 0.1) is 0 Å². The largest absolute Gasteiger partial charge is 0.409 e. The van der Waals surface area contributed by atoms with E-state index in [9.17, 15) is 4.79 Å². The predicted octanol–water partition coefficient (Wildman–Crippen LogP) is 0.843. The van der Waals surface area contributed by atoms with Crippen LogP contribution in [0.3, 0.4) is 0 Å². The zero-order valence-corrected chi connectivity index (χ0v) is 11.5. The molecule has 0 fully saturated rings. The Kier molecular flexibility index (Phi) is 4.45. The fourth-order valence-corrected chi connectivity index (χ4v) is 1.86. The van der Waals surface area contributed by atoms with Crippen LogP contribution in [0.5, 0.6) is 0 Å². The van der Waals surface area contributed by atoms with Crippen molar-refractivity contribution in [2.75, 3.05) is 7.05 Å². The lowest BCUT2D eigenvalue weighted by Crippen LogP contribution is -2.26. The summed E-state index contributed by atoms with van der Waals surface area (Å²) in [6.07, 6.45) is 4.31. The molecule has 0 saturated heterocycles. The highest BCUT2D eigenvalue weighted by atomic mass is 16.4. The summed E-state index contributed by atoms with van der Waals surface area (Å²) in [6.45, 7) is 0.389. The Morgan fingerprint density at radius 2 is 2.05 bits per heavy atom. The Hall–Kier alpha value is -2.96. The lowest BCUT2D eigenvalue weighted by atomic mass is 10.1. The van der Waals surface area contributed by atoms with Crippen LogP contribution in [0.4, 0.5) is 0 Å². The van der Waals surface area contributed by atoms with Crippen molar-refractivity contribution in [3.05, 3.63) is 59.7 Å². The van der Waals surface area contributed by atoms with Crippen molar-refractivity contribution in [1.82, 2.24) is 14.9 Å². The molecule has 2 aromatic rings. The van der Waals surface area contributed by atoms with Gasteiger partial charge >= 0.3 is 0 Å². The molecule has 1 amide bonds. The maximum atomic E-state index is 12.2. The Labute approximate surface area is 121 Å². The summed E-state index contributed by atoms with van der Waals surface area (Å²) in [5, 5.41) is 11.6. The number of aromatic nitrogens is 2. The minimum Gasteiger partial charge on any atom is -0.409 e. The van der Waals surface area contributed by atoms with Gasteiger partial charge in [0.2, 0.25) is 0 Å². The number of benzene rings is 1. The summed E-state index contributed by atoms with van der Waals surface area (Å²) in [5.74, 6) is -0.146. The maximum absolute atomic E-state index is 12.2. The Bertz CT molecular complexity index is 657. The highest BCUT2D eigenvalue weighted by molar-refractivity contribution is 5.97. The number of nitrogens with zero attached hydrogens (tertiary/aromatic N) is 4. The van der Waals surface area contributed by atoms with Crippen LogP contribution in [0.15, 0.2) is 48.1 Å². The van der Waals surface area contributed by atoms with Crippen molar-refractivity contribution < 1.29 is 10.0 Å². The van der Waals surface area contributed by atoms with Crippen molar-refractivity contribution in [3.8, 4) is 0 Å². The van der Waals surface area contributed by atoms with Gasteiger partial charge in [0.1, 0.15) is 6.33 Å². The number of hydrogen-bond acceptors (Lipinski definition) is 5. The molecular weight excluding hydrogens is 270 g/mol. The minimum atomic E-state index is -0.176. The first-order valence-corrected chi connectivity index (χ1v) is 6.19. The van der Waals surface area contributed by atoms with Crippen molar-refractivity contribution in [1.29, 1.82) is 0 Å². The van der Waals surface area contributed by atoms with E-state index < -0.39 is 0 Å². The second-order valence-corrected chi connectivity index (χ2v) is 4.47. The van der Waals surface area contributed by atoms with E-state index in [4.69, 9.17) is 10.9 Å². The maximum Gasteiger partial charge on any atom is 0.257 e. The number of amides is 1. The predicted molar refractivity (Wildman–Crippen MR) is 76.8 cm³/mol. The third kappa shape index (κ3) is 3.53. The van der Waals surface area contributed by atoms with Crippen LogP contribution >= 0.6 is 0 Å². The summed E-state index contributed by atoms with van der Waals surface area (Å²) < 4.78 is 0. The average Bonchev–Trinajstić information content (AvgIpc) is 2.54. The van der Waals surface area contributed by atoms with E-state index in [1.54, 1.807) is 30.1 Å². The molecule has 0 bridgehead atoms. The van der Waals surface area contributed by atoms with Crippen LogP contribution < -0.4 is 5.73 Å². The van der Waals surface area contributed by atoms with Gasteiger partial charge in [0.25, 0.3) is 5.91 Å². The topological polar surface area (TPSA) is 105 Å². The normalized spacial score (nSPS) is 11.2. The van der Waals surface area contributed by atoms with E-state index in [1.807, 2.05) is 6.07 Å². The highest BCUT2D eigenvalue weighted by Crippen LogP contribution is 2.09. The average molecular weight is 285 g/mol. The van der Waals surface area contributed by atoms with Crippen molar-refractivity contribution >= 4 is 11.7 Å². The molecule has 1 heterocycles.